The average molecular weight is 368 g/mol. The van der Waals surface area contributed by atoms with Gasteiger partial charge < -0.3 is 4.90 Å². The van der Waals surface area contributed by atoms with Crippen molar-refractivity contribution in [1.29, 1.82) is 0 Å². The molecule has 0 radical (unpaired) electrons. The normalized spacial score (nSPS) is 12.5. The van der Waals surface area contributed by atoms with E-state index in [2.05, 4.69) is 110 Å². The Morgan fingerprint density at radius 2 is 1.32 bits per heavy atom. The van der Waals surface area contributed by atoms with E-state index in [1.165, 1.54) is 28.1 Å². The largest absolute Gasteiger partial charge is 0.339 e. The zero-order valence-electron chi connectivity index (χ0n) is 17.0. The van der Waals surface area contributed by atoms with Gasteiger partial charge in [-0.2, -0.15) is 0 Å². The first kappa shape index (κ1) is 19.7. The van der Waals surface area contributed by atoms with Crippen molar-refractivity contribution in [1.82, 2.24) is 0 Å². The summed E-state index contributed by atoms with van der Waals surface area (Å²) < 4.78 is 0. The number of nitrogens with zero attached hydrogens (tertiary/aromatic N) is 1. The van der Waals surface area contributed by atoms with Crippen molar-refractivity contribution in [2.75, 3.05) is 4.90 Å². The predicted molar refractivity (Wildman–Crippen MR) is 124 cm³/mol. The van der Waals surface area contributed by atoms with Gasteiger partial charge in [-0.3, -0.25) is 0 Å². The zero-order chi connectivity index (χ0) is 19.8. The second kappa shape index (κ2) is 9.75. The number of hydrogen-bond acceptors (Lipinski definition) is 1. The molecule has 1 atom stereocenters. The van der Waals surface area contributed by atoms with Gasteiger partial charge >= 0.3 is 0 Å². The van der Waals surface area contributed by atoms with E-state index >= 15 is 0 Å². The first-order valence-corrected chi connectivity index (χ1v) is 10.1. The Morgan fingerprint density at radius 1 is 0.750 bits per heavy atom. The Hall–Kier alpha value is -3.06. The van der Waals surface area contributed by atoms with E-state index in [4.69, 9.17) is 0 Å². The summed E-state index contributed by atoms with van der Waals surface area (Å²) in [6, 6.07) is 28.7. The number of benzene rings is 3. The molecule has 1 nitrogen and oxygen atoms in total. The third-order valence-corrected chi connectivity index (χ3v) is 5.05. The molecule has 0 heterocycles. The molecular formula is C27H29N. The zero-order valence-corrected chi connectivity index (χ0v) is 17.0. The summed E-state index contributed by atoms with van der Waals surface area (Å²) in [5, 5.41) is 0. The van der Waals surface area contributed by atoms with Crippen LogP contribution in [0.1, 0.15) is 32.8 Å². The Labute approximate surface area is 169 Å². The van der Waals surface area contributed by atoms with E-state index in [9.17, 15) is 0 Å². The third kappa shape index (κ3) is 4.80. The standard InChI is InChI=1S/C27H29N/c1-4-6-8-11-23-14-16-24(17-15-23)25-18-20-27(21-19-25)28(22(3)5-2)26-12-9-7-10-13-26/h4,6-22H,5H2,1-3H3/b6-4-,11-8-. The number of rotatable bonds is 7. The van der Waals surface area contributed by atoms with Crippen LogP contribution in [-0.2, 0) is 0 Å². The molecule has 0 aliphatic heterocycles. The molecule has 0 aliphatic carbocycles. The molecular weight excluding hydrogens is 338 g/mol. The van der Waals surface area contributed by atoms with Crippen LogP contribution in [0.2, 0.25) is 0 Å². The molecule has 0 bridgehead atoms. The van der Waals surface area contributed by atoms with Gasteiger partial charge in [0.1, 0.15) is 0 Å². The minimum atomic E-state index is 0.441. The first-order valence-electron chi connectivity index (χ1n) is 10.1. The minimum Gasteiger partial charge on any atom is -0.339 e. The fraction of sp³-hybridized carbons (Fsp3) is 0.185. The summed E-state index contributed by atoms with van der Waals surface area (Å²) in [5.41, 5.74) is 6.16. The Bertz CT molecular complexity index is 903. The molecule has 28 heavy (non-hydrogen) atoms. The molecule has 0 saturated carbocycles. The maximum absolute atomic E-state index is 2.42. The SMILES string of the molecule is C/C=C\C=C/c1ccc(-c2ccc(N(c3ccccc3)C(C)CC)cc2)cc1. The summed E-state index contributed by atoms with van der Waals surface area (Å²) in [4.78, 5) is 2.42. The first-order chi connectivity index (χ1) is 13.7. The van der Waals surface area contributed by atoms with Crippen LogP contribution in [-0.4, -0.2) is 6.04 Å². The van der Waals surface area contributed by atoms with Gasteiger partial charge in [0.05, 0.1) is 0 Å². The molecule has 3 rings (SSSR count). The molecule has 3 aromatic carbocycles. The molecule has 0 spiro atoms. The van der Waals surface area contributed by atoms with Gasteiger partial charge in [0.25, 0.3) is 0 Å². The lowest BCUT2D eigenvalue weighted by atomic mass is 10.0. The Morgan fingerprint density at radius 3 is 1.89 bits per heavy atom. The van der Waals surface area contributed by atoms with Crippen molar-refractivity contribution < 1.29 is 0 Å². The predicted octanol–water partition coefficient (Wildman–Crippen LogP) is 7.88. The molecule has 0 aliphatic rings. The van der Waals surface area contributed by atoms with Crippen LogP contribution in [0.15, 0.2) is 97.1 Å². The summed E-state index contributed by atoms with van der Waals surface area (Å²) in [5.74, 6) is 0. The molecule has 1 unspecified atom stereocenters. The van der Waals surface area contributed by atoms with Crippen molar-refractivity contribution in [2.24, 2.45) is 0 Å². The van der Waals surface area contributed by atoms with Crippen LogP contribution >= 0.6 is 0 Å². The number of allylic oxidation sites excluding steroid dienone is 3. The number of hydrogen-bond donors (Lipinski definition) is 0. The van der Waals surface area contributed by atoms with E-state index in [-0.39, 0.29) is 0 Å². The van der Waals surface area contributed by atoms with Gasteiger partial charge in [-0.15, -0.1) is 0 Å². The summed E-state index contributed by atoms with van der Waals surface area (Å²) in [7, 11) is 0. The fourth-order valence-electron chi connectivity index (χ4n) is 3.31. The highest BCUT2D eigenvalue weighted by atomic mass is 15.2. The molecule has 0 fully saturated rings. The third-order valence-electron chi connectivity index (χ3n) is 5.05. The van der Waals surface area contributed by atoms with E-state index in [1.807, 2.05) is 19.1 Å². The highest BCUT2D eigenvalue weighted by Gasteiger charge is 2.15. The van der Waals surface area contributed by atoms with Gasteiger partial charge in [-0.1, -0.05) is 85.8 Å². The molecule has 0 N–H and O–H groups in total. The molecule has 3 aromatic rings. The lowest BCUT2D eigenvalue weighted by Crippen LogP contribution is -2.27. The van der Waals surface area contributed by atoms with Crippen LogP contribution in [0, 0.1) is 0 Å². The highest BCUT2D eigenvalue weighted by molar-refractivity contribution is 5.71. The van der Waals surface area contributed by atoms with E-state index < -0.39 is 0 Å². The van der Waals surface area contributed by atoms with E-state index in [0.717, 1.165) is 6.42 Å². The van der Waals surface area contributed by atoms with Gasteiger partial charge in [-0.25, -0.2) is 0 Å². The van der Waals surface area contributed by atoms with Crippen LogP contribution in [0.4, 0.5) is 11.4 Å². The monoisotopic (exact) mass is 367 g/mol. The molecule has 1 heteroatoms. The van der Waals surface area contributed by atoms with Crippen molar-refractivity contribution in [3.05, 3.63) is 103 Å². The molecule has 142 valence electrons. The maximum Gasteiger partial charge on any atom is 0.0413 e. The highest BCUT2D eigenvalue weighted by Crippen LogP contribution is 2.31. The fourth-order valence-corrected chi connectivity index (χ4v) is 3.31. The van der Waals surface area contributed by atoms with Gasteiger partial charge in [0, 0.05) is 17.4 Å². The average Bonchev–Trinajstić information content (AvgIpc) is 2.76. The smallest absolute Gasteiger partial charge is 0.0413 e. The van der Waals surface area contributed by atoms with Crippen molar-refractivity contribution in [2.45, 2.75) is 33.2 Å². The van der Waals surface area contributed by atoms with Crippen LogP contribution < -0.4 is 4.90 Å². The minimum absolute atomic E-state index is 0.441. The Balaban J connectivity index is 1.83. The van der Waals surface area contributed by atoms with Crippen LogP contribution in [0.3, 0.4) is 0 Å². The quantitative estimate of drug-likeness (QED) is 0.384. The lowest BCUT2D eigenvalue weighted by Gasteiger charge is -2.31. The van der Waals surface area contributed by atoms with Crippen LogP contribution in [0.5, 0.6) is 0 Å². The number of para-hydroxylation sites is 1. The van der Waals surface area contributed by atoms with Crippen molar-refractivity contribution >= 4 is 17.5 Å². The summed E-state index contributed by atoms with van der Waals surface area (Å²) in [6.07, 6.45) is 9.36. The molecule has 0 aromatic heterocycles. The Kier molecular flexibility index (Phi) is 6.86. The summed E-state index contributed by atoms with van der Waals surface area (Å²) in [6.45, 7) is 6.54. The van der Waals surface area contributed by atoms with Gasteiger partial charge in [0.2, 0.25) is 0 Å². The second-order valence-electron chi connectivity index (χ2n) is 7.02. The van der Waals surface area contributed by atoms with Gasteiger partial charge in [-0.05, 0) is 61.2 Å². The van der Waals surface area contributed by atoms with Crippen molar-refractivity contribution in [3.8, 4) is 11.1 Å². The number of anilines is 2. The van der Waals surface area contributed by atoms with Crippen LogP contribution in [0.25, 0.3) is 17.2 Å². The second-order valence-corrected chi connectivity index (χ2v) is 7.02. The van der Waals surface area contributed by atoms with Gasteiger partial charge in [0.15, 0.2) is 0 Å². The van der Waals surface area contributed by atoms with E-state index in [0.29, 0.717) is 6.04 Å². The molecule has 0 amide bonds. The summed E-state index contributed by atoms with van der Waals surface area (Å²) >= 11 is 0. The topological polar surface area (TPSA) is 3.24 Å². The molecule has 0 saturated heterocycles. The van der Waals surface area contributed by atoms with E-state index in [1.54, 1.807) is 0 Å². The van der Waals surface area contributed by atoms with Crippen molar-refractivity contribution in [3.63, 3.8) is 0 Å². The maximum atomic E-state index is 2.42. The lowest BCUT2D eigenvalue weighted by molar-refractivity contribution is 0.688.